The summed E-state index contributed by atoms with van der Waals surface area (Å²) in [7, 11) is 0. The molecule has 23 heavy (non-hydrogen) atoms. The van der Waals surface area contributed by atoms with Crippen molar-refractivity contribution in [1.82, 2.24) is 9.80 Å². The lowest BCUT2D eigenvalue weighted by Crippen LogP contribution is -3.14. The van der Waals surface area contributed by atoms with Crippen molar-refractivity contribution in [1.29, 1.82) is 0 Å². The van der Waals surface area contributed by atoms with Crippen LogP contribution in [-0.2, 0) is 4.79 Å². The van der Waals surface area contributed by atoms with E-state index in [0.29, 0.717) is 30.8 Å². The first-order valence-electron chi connectivity index (χ1n) is 8.51. The molecule has 1 saturated heterocycles. The van der Waals surface area contributed by atoms with Gasteiger partial charge in [0, 0.05) is 19.5 Å². The molecule has 1 aliphatic rings. The summed E-state index contributed by atoms with van der Waals surface area (Å²) >= 11 is 0. The van der Waals surface area contributed by atoms with Gasteiger partial charge in [0.1, 0.15) is 5.76 Å². The molecule has 0 atom stereocenters. The molecule has 6 heteroatoms. The van der Waals surface area contributed by atoms with Crippen LogP contribution in [0.25, 0.3) is 0 Å². The first-order valence-corrected chi connectivity index (χ1v) is 8.51. The molecule has 1 aromatic heterocycles. The summed E-state index contributed by atoms with van der Waals surface area (Å²) < 4.78 is 5.20. The maximum Gasteiger partial charge on any atom is 0.257 e. The number of quaternary nitrogens is 1. The van der Waals surface area contributed by atoms with Gasteiger partial charge in [0.05, 0.1) is 44.6 Å². The average molecular weight is 322 g/mol. The average Bonchev–Trinajstić information content (AvgIpc) is 3.01. The quantitative estimate of drug-likeness (QED) is 0.813. The summed E-state index contributed by atoms with van der Waals surface area (Å²) in [6, 6.07) is 1.69. The fourth-order valence-electron chi connectivity index (χ4n) is 3.00. The Kier molecular flexibility index (Phi) is 6.21. The highest BCUT2D eigenvalue weighted by molar-refractivity contribution is 5.95. The van der Waals surface area contributed by atoms with E-state index < -0.39 is 0 Å². The largest absolute Gasteiger partial charge is 0.469 e. The van der Waals surface area contributed by atoms with Gasteiger partial charge in [-0.1, -0.05) is 0 Å². The van der Waals surface area contributed by atoms with E-state index in [4.69, 9.17) is 4.42 Å². The van der Waals surface area contributed by atoms with Crippen LogP contribution >= 0.6 is 0 Å². The molecule has 0 saturated carbocycles. The third-order valence-corrected chi connectivity index (χ3v) is 4.68. The second kappa shape index (κ2) is 8.15. The smallest absolute Gasteiger partial charge is 0.257 e. The molecule has 0 aromatic carbocycles. The monoisotopic (exact) mass is 322 g/mol. The zero-order chi connectivity index (χ0) is 16.8. The Morgan fingerprint density at radius 2 is 2.00 bits per heavy atom. The topological polar surface area (TPSA) is 58.2 Å². The third kappa shape index (κ3) is 4.34. The molecule has 0 radical (unpaired) electrons. The van der Waals surface area contributed by atoms with Crippen LogP contribution in [0.15, 0.2) is 16.7 Å². The summed E-state index contributed by atoms with van der Waals surface area (Å²) in [5, 5.41) is 0. The van der Waals surface area contributed by atoms with E-state index in [9.17, 15) is 9.59 Å². The summed E-state index contributed by atoms with van der Waals surface area (Å²) in [5.41, 5.74) is 0.583. The summed E-state index contributed by atoms with van der Waals surface area (Å²) in [6.45, 7) is 11.7. The normalized spacial score (nSPS) is 15.7. The molecule has 0 aliphatic carbocycles. The van der Waals surface area contributed by atoms with E-state index in [1.54, 1.807) is 22.8 Å². The Balaban J connectivity index is 1.84. The van der Waals surface area contributed by atoms with Gasteiger partial charge in [-0.25, -0.2) is 0 Å². The molecule has 0 bridgehead atoms. The Morgan fingerprint density at radius 1 is 1.30 bits per heavy atom. The number of furan rings is 1. The number of piperazine rings is 1. The van der Waals surface area contributed by atoms with E-state index in [1.807, 2.05) is 11.8 Å². The molecule has 0 unspecified atom stereocenters. The van der Waals surface area contributed by atoms with Crippen molar-refractivity contribution in [3.05, 3.63) is 23.7 Å². The third-order valence-electron chi connectivity index (χ3n) is 4.68. The van der Waals surface area contributed by atoms with Gasteiger partial charge in [-0.05, 0) is 26.8 Å². The van der Waals surface area contributed by atoms with E-state index in [0.717, 1.165) is 32.7 Å². The van der Waals surface area contributed by atoms with E-state index in [2.05, 4.69) is 6.92 Å². The highest BCUT2D eigenvalue weighted by Gasteiger charge is 2.24. The predicted octanol–water partition coefficient (Wildman–Crippen LogP) is 0.187. The maximum atomic E-state index is 12.5. The Hall–Kier alpha value is -1.82. The number of amides is 2. The molecule has 2 rings (SSSR count). The summed E-state index contributed by atoms with van der Waals surface area (Å²) in [4.78, 5) is 30.0. The minimum Gasteiger partial charge on any atom is -0.469 e. The lowest BCUT2D eigenvalue weighted by Gasteiger charge is -2.32. The number of hydrogen-bond acceptors (Lipinski definition) is 3. The van der Waals surface area contributed by atoms with Gasteiger partial charge >= 0.3 is 0 Å². The van der Waals surface area contributed by atoms with Gasteiger partial charge in [-0.2, -0.15) is 0 Å². The van der Waals surface area contributed by atoms with Crippen LogP contribution in [0.2, 0.25) is 0 Å². The number of likely N-dealkylation sites (N-methyl/N-ethyl adjacent to an activating group) is 1. The minimum atomic E-state index is -0.0632. The zero-order valence-corrected chi connectivity index (χ0v) is 14.4. The second-order valence-corrected chi connectivity index (χ2v) is 6.01. The molecule has 2 amide bonds. The minimum absolute atomic E-state index is 0.0632. The van der Waals surface area contributed by atoms with Crippen molar-refractivity contribution in [2.45, 2.75) is 27.2 Å². The number of rotatable bonds is 6. The SMILES string of the molecule is CCN(CCC(=O)N1CC[NH+](CC)CC1)C(=O)c1ccoc1C. The van der Waals surface area contributed by atoms with Crippen molar-refractivity contribution >= 4 is 11.8 Å². The van der Waals surface area contributed by atoms with Crippen molar-refractivity contribution in [3.8, 4) is 0 Å². The molecule has 1 fully saturated rings. The lowest BCUT2D eigenvalue weighted by atomic mass is 10.2. The number of carbonyl (C=O) groups excluding carboxylic acids is 2. The Labute approximate surface area is 138 Å². The summed E-state index contributed by atoms with van der Waals surface area (Å²) in [5.74, 6) is 0.709. The van der Waals surface area contributed by atoms with Crippen molar-refractivity contribution in [2.24, 2.45) is 0 Å². The van der Waals surface area contributed by atoms with Crippen LogP contribution < -0.4 is 4.90 Å². The molecule has 1 aliphatic heterocycles. The van der Waals surface area contributed by atoms with Gasteiger partial charge in [-0.3, -0.25) is 9.59 Å². The van der Waals surface area contributed by atoms with Gasteiger partial charge in [0.15, 0.2) is 0 Å². The highest BCUT2D eigenvalue weighted by Crippen LogP contribution is 2.12. The first kappa shape index (κ1) is 17.5. The standard InChI is InChI=1S/C17H27N3O3/c1-4-18-9-11-20(12-10-18)16(21)6-8-19(5-2)17(22)15-7-13-23-14(15)3/h7,13H,4-6,8-12H2,1-3H3/p+1. The van der Waals surface area contributed by atoms with E-state index in [1.165, 1.54) is 6.26 Å². The molecule has 1 aromatic rings. The highest BCUT2D eigenvalue weighted by atomic mass is 16.3. The van der Waals surface area contributed by atoms with Crippen molar-refractivity contribution in [3.63, 3.8) is 0 Å². The van der Waals surface area contributed by atoms with E-state index >= 15 is 0 Å². The number of aryl methyl sites for hydroxylation is 1. The van der Waals surface area contributed by atoms with Crippen LogP contribution in [0.1, 0.15) is 36.4 Å². The molecule has 0 spiro atoms. The fourth-order valence-corrected chi connectivity index (χ4v) is 3.00. The Bertz CT molecular complexity index is 533. The number of hydrogen-bond donors (Lipinski definition) is 1. The maximum absolute atomic E-state index is 12.5. The Morgan fingerprint density at radius 3 is 2.52 bits per heavy atom. The lowest BCUT2D eigenvalue weighted by molar-refractivity contribution is -0.902. The molecule has 1 N–H and O–H groups in total. The molecular weight excluding hydrogens is 294 g/mol. The number of carbonyl (C=O) groups is 2. The van der Waals surface area contributed by atoms with Crippen LogP contribution in [0, 0.1) is 6.92 Å². The molecule has 128 valence electrons. The predicted molar refractivity (Wildman–Crippen MR) is 87.5 cm³/mol. The fraction of sp³-hybridized carbons (Fsp3) is 0.647. The van der Waals surface area contributed by atoms with Crippen molar-refractivity contribution < 1.29 is 18.9 Å². The number of nitrogens with one attached hydrogen (secondary N) is 1. The van der Waals surface area contributed by atoms with Crippen LogP contribution in [0.3, 0.4) is 0 Å². The number of nitrogens with zero attached hydrogens (tertiary/aromatic N) is 2. The zero-order valence-electron chi connectivity index (χ0n) is 14.4. The second-order valence-electron chi connectivity index (χ2n) is 6.01. The molecule has 6 nitrogen and oxygen atoms in total. The van der Waals surface area contributed by atoms with Crippen LogP contribution in [0.5, 0.6) is 0 Å². The molecular formula is C17H28N3O3+. The van der Waals surface area contributed by atoms with Gasteiger partial charge in [0.2, 0.25) is 5.91 Å². The van der Waals surface area contributed by atoms with Gasteiger partial charge in [0.25, 0.3) is 5.91 Å². The van der Waals surface area contributed by atoms with Crippen molar-refractivity contribution in [2.75, 3.05) is 45.8 Å². The van der Waals surface area contributed by atoms with E-state index in [-0.39, 0.29) is 11.8 Å². The van der Waals surface area contributed by atoms with Gasteiger partial charge < -0.3 is 19.1 Å². The van der Waals surface area contributed by atoms with Crippen LogP contribution in [0.4, 0.5) is 0 Å². The van der Waals surface area contributed by atoms with Crippen LogP contribution in [-0.4, -0.2) is 67.4 Å². The van der Waals surface area contributed by atoms with Gasteiger partial charge in [-0.15, -0.1) is 0 Å². The summed E-state index contributed by atoms with van der Waals surface area (Å²) in [6.07, 6.45) is 1.91. The first-order chi connectivity index (χ1) is 11.1. The molecule has 2 heterocycles.